The molecule has 2 aromatic rings. The summed E-state index contributed by atoms with van der Waals surface area (Å²) in [6.07, 6.45) is 2.06. The van der Waals surface area contributed by atoms with Crippen molar-refractivity contribution in [2.45, 2.75) is 33.2 Å². The van der Waals surface area contributed by atoms with Crippen molar-refractivity contribution in [2.75, 3.05) is 6.54 Å². The zero-order valence-corrected chi connectivity index (χ0v) is 12.7. The minimum absolute atomic E-state index is 0.119. The van der Waals surface area contributed by atoms with E-state index in [9.17, 15) is 13.6 Å². The van der Waals surface area contributed by atoms with Crippen molar-refractivity contribution < 1.29 is 8.78 Å². The van der Waals surface area contributed by atoms with Crippen LogP contribution in [-0.4, -0.2) is 16.3 Å². The van der Waals surface area contributed by atoms with Crippen molar-refractivity contribution >= 4 is 0 Å². The highest BCUT2D eigenvalue weighted by Crippen LogP contribution is 2.15. The first-order chi connectivity index (χ1) is 10.5. The lowest BCUT2D eigenvalue weighted by atomic mass is 10.2. The maximum absolute atomic E-state index is 13.9. The molecule has 0 radical (unpaired) electrons. The Morgan fingerprint density at radius 1 is 1.27 bits per heavy atom. The van der Waals surface area contributed by atoms with E-state index in [1.807, 2.05) is 0 Å². The summed E-state index contributed by atoms with van der Waals surface area (Å²) < 4.78 is 28.2. The van der Waals surface area contributed by atoms with Gasteiger partial charge in [0.1, 0.15) is 17.2 Å². The second-order valence-corrected chi connectivity index (χ2v) is 5.13. The number of halogens is 2. The van der Waals surface area contributed by atoms with E-state index in [0.717, 1.165) is 31.5 Å². The van der Waals surface area contributed by atoms with Gasteiger partial charge >= 0.3 is 0 Å². The monoisotopic (exact) mass is 307 g/mol. The Labute approximate surface area is 127 Å². The van der Waals surface area contributed by atoms with Gasteiger partial charge in [-0.1, -0.05) is 13.3 Å². The van der Waals surface area contributed by atoms with Gasteiger partial charge in [0.25, 0.3) is 0 Å². The molecule has 0 aliphatic heterocycles. The van der Waals surface area contributed by atoms with E-state index in [2.05, 4.69) is 17.3 Å². The fraction of sp³-hybridized carbons (Fsp3) is 0.375. The second-order valence-electron chi connectivity index (χ2n) is 5.13. The molecule has 0 amide bonds. The summed E-state index contributed by atoms with van der Waals surface area (Å²) >= 11 is 0. The molecule has 0 fully saturated rings. The topological polar surface area (TPSA) is 46.9 Å². The molecule has 0 unspecified atom stereocenters. The van der Waals surface area contributed by atoms with Crippen molar-refractivity contribution in [3.63, 3.8) is 0 Å². The molecule has 1 N–H and O–H groups in total. The molecule has 2 rings (SSSR count). The normalized spacial score (nSPS) is 10.9. The van der Waals surface area contributed by atoms with Gasteiger partial charge in [-0.15, -0.1) is 0 Å². The minimum atomic E-state index is -0.718. The van der Waals surface area contributed by atoms with E-state index in [1.54, 1.807) is 6.92 Å². The Morgan fingerprint density at radius 3 is 2.73 bits per heavy atom. The van der Waals surface area contributed by atoms with E-state index in [4.69, 9.17) is 0 Å². The first kappa shape index (κ1) is 16.3. The lowest BCUT2D eigenvalue weighted by Crippen LogP contribution is -2.25. The van der Waals surface area contributed by atoms with E-state index in [1.165, 1.54) is 16.8 Å². The van der Waals surface area contributed by atoms with Crippen molar-refractivity contribution in [2.24, 2.45) is 0 Å². The van der Waals surface area contributed by atoms with E-state index in [-0.39, 0.29) is 11.1 Å². The van der Waals surface area contributed by atoms with Crippen LogP contribution in [0.2, 0.25) is 0 Å². The van der Waals surface area contributed by atoms with Crippen LogP contribution in [-0.2, 0) is 6.54 Å². The lowest BCUT2D eigenvalue weighted by molar-refractivity contribution is 0.565. The Morgan fingerprint density at radius 2 is 2.05 bits per heavy atom. The first-order valence-corrected chi connectivity index (χ1v) is 7.29. The van der Waals surface area contributed by atoms with Gasteiger partial charge in [-0.25, -0.2) is 13.5 Å². The lowest BCUT2D eigenvalue weighted by Gasteiger charge is -2.12. The molecule has 0 spiro atoms. The number of hydrogen-bond donors (Lipinski definition) is 1. The number of benzene rings is 1. The van der Waals surface area contributed by atoms with Crippen LogP contribution in [0.5, 0.6) is 0 Å². The highest BCUT2D eigenvalue weighted by Gasteiger charge is 2.11. The molecule has 0 bridgehead atoms. The molecule has 0 atom stereocenters. The van der Waals surface area contributed by atoms with Crippen LogP contribution < -0.4 is 10.7 Å². The van der Waals surface area contributed by atoms with Crippen LogP contribution in [0.25, 0.3) is 5.69 Å². The van der Waals surface area contributed by atoms with E-state index in [0.29, 0.717) is 17.9 Å². The summed E-state index contributed by atoms with van der Waals surface area (Å²) in [6.45, 7) is 4.85. The summed E-state index contributed by atoms with van der Waals surface area (Å²) in [5.41, 5.74) is 0.729. The number of aryl methyl sites for hydroxylation is 1. The smallest absolute Gasteiger partial charge is 0.204 e. The van der Waals surface area contributed by atoms with Gasteiger partial charge in [-0.3, -0.25) is 4.79 Å². The number of unbranched alkanes of at least 4 members (excludes halogenated alkanes) is 1. The zero-order chi connectivity index (χ0) is 16.1. The number of hydrogen-bond acceptors (Lipinski definition) is 3. The largest absolute Gasteiger partial charge is 0.311 e. The SMILES string of the molecule is CCCCNCc1nn(-c2ccc(F)cc2F)c(C)cc1=O. The van der Waals surface area contributed by atoms with Crippen molar-refractivity contribution in [1.29, 1.82) is 0 Å². The van der Waals surface area contributed by atoms with Gasteiger partial charge < -0.3 is 5.32 Å². The fourth-order valence-electron chi connectivity index (χ4n) is 2.11. The van der Waals surface area contributed by atoms with Crippen LogP contribution in [0.3, 0.4) is 0 Å². The minimum Gasteiger partial charge on any atom is -0.311 e. The molecule has 1 heterocycles. The standard InChI is InChI=1S/C16H19F2N3O/c1-3-4-7-19-10-14-16(22)8-11(2)21(20-14)15-6-5-12(17)9-13(15)18/h5-6,8-9,19H,3-4,7,10H2,1-2H3. The number of nitrogens with zero attached hydrogens (tertiary/aromatic N) is 2. The summed E-state index contributed by atoms with van der Waals surface area (Å²) in [4.78, 5) is 12.0. The molecule has 6 heteroatoms. The van der Waals surface area contributed by atoms with Crippen LogP contribution in [0.1, 0.15) is 31.2 Å². The molecule has 0 saturated heterocycles. The first-order valence-electron chi connectivity index (χ1n) is 7.29. The van der Waals surface area contributed by atoms with Gasteiger partial charge in [0.05, 0.1) is 0 Å². The van der Waals surface area contributed by atoms with Crippen LogP contribution in [0.15, 0.2) is 29.1 Å². The van der Waals surface area contributed by atoms with Crippen LogP contribution in [0.4, 0.5) is 8.78 Å². The number of aromatic nitrogens is 2. The predicted octanol–water partition coefficient (Wildman–Crippen LogP) is 2.71. The van der Waals surface area contributed by atoms with Crippen molar-refractivity contribution in [3.05, 3.63) is 57.5 Å². The number of nitrogens with one attached hydrogen (secondary N) is 1. The summed E-state index contributed by atoms with van der Waals surface area (Å²) in [5.74, 6) is -1.37. The van der Waals surface area contributed by atoms with E-state index < -0.39 is 11.6 Å². The summed E-state index contributed by atoms with van der Waals surface area (Å²) in [6, 6.07) is 4.68. The molecule has 22 heavy (non-hydrogen) atoms. The van der Waals surface area contributed by atoms with Gasteiger partial charge in [0.2, 0.25) is 5.43 Å². The molecule has 118 valence electrons. The Kier molecular flexibility index (Phi) is 5.38. The maximum atomic E-state index is 13.9. The second kappa shape index (κ2) is 7.26. The molecular formula is C16H19F2N3O. The highest BCUT2D eigenvalue weighted by atomic mass is 19.1. The Balaban J connectivity index is 2.33. The van der Waals surface area contributed by atoms with Gasteiger partial charge in [-0.2, -0.15) is 5.10 Å². The average Bonchev–Trinajstić information content (AvgIpc) is 2.46. The average molecular weight is 307 g/mol. The quantitative estimate of drug-likeness (QED) is 0.835. The van der Waals surface area contributed by atoms with Gasteiger partial charge in [-0.05, 0) is 32.0 Å². The molecule has 0 aliphatic rings. The van der Waals surface area contributed by atoms with Crippen molar-refractivity contribution in [3.8, 4) is 5.69 Å². The molecule has 4 nitrogen and oxygen atoms in total. The third-order valence-corrected chi connectivity index (χ3v) is 3.32. The maximum Gasteiger partial charge on any atom is 0.204 e. The summed E-state index contributed by atoms with van der Waals surface area (Å²) in [5, 5.41) is 7.35. The van der Waals surface area contributed by atoms with Crippen molar-refractivity contribution in [1.82, 2.24) is 15.1 Å². The summed E-state index contributed by atoms with van der Waals surface area (Å²) in [7, 11) is 0. The zero-order valence-electron chi connectivity index (χ0n) is 12.7. The molecule has 0 aliphatic carbocycles. The Bertz CT molecular complexity index is 713. The molecule has 0 saturated carbocycles. The number of rotatable bonds is 6. The fourth-order valence-corrected chi connectivity index (χ4v) is 2.11. The predicted molar refractivity (Wildman–Crippen MR) is 81.1 cm³/mol. The third kappa shape index (κ3) is 3.76. The molecule has 1 aromatic carbocycles. The molecule has 1 aromatic heterocycles. The van der Waals surface area contributed by atoms with Gasteiger partial charge in [0, 0.05) is 24.4 Å². The van der Waals surface area contributed by atoms with Crippen LogP contribution in [0, 0.1) is 18.6 Å². The van der Waals surface area contributed by atoms with Crippen LogP contribution >= 0.6 is 0 Å². The van der Waals surface area contributed by atoms with Gasteiger partial charge in [0.15, 0.2) is 5.82 Å². The Hall–Kier alpha value is -2.08. The van der Waals surface area contributed by atoms with E-state index >= 15 is 0 Å². The molecular weight excluding hydrogens is 288 g/mol. The highest BCUT2D eigenvalue weighted by molar-refractivity contribution is 5.34. The third-order valence-electron chi connectivity index (χ3n) is 3.32.